The molecule has 2 aromatic rings. The van der Waals surface area contributed by atoms with Gasteiger partial charge in [-0.25, -0.2) is 0 Å². The van der Waals surface area contributed by atoms with E-state index in [0.29, 0.717) is 18.4 Å². The zero-order valence-electron chi connectivity index (χ0n) is 29.8. The van der Waals surface area contributed by atoms with Crippen LogP contribution in [0.5, 0.6) is 0 Å². The summed E-state index contributed by atoms with van der Waals surface area (Å²) in [5, 5.41) is 10.7. The van der Waals surface area contributed by atoms with Crippen molar-refractivity contribution in [3.05, 3.63) is 89.5 Å². The maximum absolute atomic E-state index is 15.1. The molecule has 0 aliphatic carbocycles. The molecule has 3 amide bonds. The Hall–Kier alpha value is -4.28. The van der Waals surface area contributed by atoms with Crippen LogP contribution in [0, 0.1) is 31.6 Å². The summed E-state index contributed by atoms with van der Waals surface area (Å²) in [6, 6.07) is 12.8. The summed E-state index contributed by atoms with van der Waals surface area (Å²) in [4.78, 5) is 62.7. The van der Waals surface area contributed by atoms with Crippen molar-refractivity contribution < 1.29 is 33.8 Å². The summed E-state index contributed by atoms with van der Waals surface area (Å²) in [7, 11) is 1.71. The zero-order chi connectivity index (χ0) is 35.9. The molecule has 2 fully saturated rings. The minimum Gasteiger partial charge on any atom is -0.455 e. The Morgan fingerprint density at radius 1 is 0.960 bits per heavy atom. The van der Waals surface area contributed by atoms with Crippen molar-refractivity contribution in [3.8, 4) is 0 Å². The van der Waals surface area contributed by atoms with E-state index in [2.05, 4.69) is 0 Å². The molecule has 0 unspecified atom stereocenters. The molecule has 4 heterocycles. The number of rotatable bonds is 6. The van der Waals surface area contributed by atoms with E-state index in [4.69, 9.17) is 9.47 Å². The Morgan fingerprint density at radius 3 is 2.32 bits per heavy atom. The number of fused-ring (bicyclic) bond motifs is 2. The Bertz CT molecular complexity index is 1670. The van der Waals surface area contributed by atoms with Gasteiger partial charge in [0.1, 0.15) is 23.7 Å². The van der Waals surface area contributed by atoms with E-state index >= 15 is 4.79 Å². The topological polar surface area (TPSA) is 117 Å². The van der Waals surface area contributed by atoms with Crippen LogP contribution in [0.4, 0.5) is 5.69 Å². The molecule has 0 radical (unpaired) electrons. The van der Waals surface area contributed by atoms with Gasteiger partial charge in [0, 0.05) is 25.7 Å². The lowest BCUT2D eigenvalue weighted by atomic mass is 9.77. The summed E-state index contributed by atoms with van der Waals surface area (Å²) in [6.45, 7) is 9.65. The average Bonchev–Trinajstić information content (AvgIpc) is 3.48. The molecule has 4 aliphatic rings. The van der Waals surface area contributed by atoms with Gasteiger partial charge in [0.15, 0.2) is 0 Å². The third kappa shape index (κ3) is 6.06. The molecule has 6 rings (SSSR count). The predicted octanol–water partition coefficient (Wildman–Crippen LogP) is 4.68. The molecule has 4 aliphatic heterocycles. The van der Waals surface area contributed by atoms with Crippen LogP contribution in [0.25, 0.3) is 0 Å². The van der Waals surface area contributed by atoms with Gasteiger partial charge in [-0.2, -0.15) is 0 Å². The SMILES string of the molecule is Cc1cccc(C)c1N1CC=C[C@@]23O[C@H]4/C=C\CCC(=O)N(C)[C@@H](C)[C@H](c5ccccc5)OC(=O)[C@H]4[C@@H]2C(=O)N([C@@H](CO)CC(C)C)[C@H]3C1=O. The van der Waals surface area contributed by atoms with Crippen LogP contribution in [0.3, 0.4) is 0 Å². The van der Waals surface area contributed by atoms with Crippen LogP contribution in [-0.4, -0.2) is 88.6 Å². The van der Waals surface area contributed by atoms with E-state index in [9.17, 15) is 19.5 Å². The first kappa shape index (κ1) is 35.5. The quantitative estimate of drug-likeness (QED) is 0.348. The molecular formula is C40H49N3O7. The van der Waals surface area contributed by atoms with Crippen LogP contribution < -0.4 is 4.90 Å². The van der Waals surface area contributed by atoms with Crippen LogP contribution in [0.1, 0.15) is 62.8 Å². The van der Waals surface area contributed by atoms with Crippen LogP contribution in [0.15, 0.2) is 72.8 Å². The van der Waals surface area contributed by atoms with Gasteiger partial charge < -0.3 is 29.3 Å². The molecule has 10 nitrogen and oxygen atoms in total. The number of para-hydroxylation sites is 1. The van der Waals surface area contributed by atoms with Crippen molar-refractivity contribution in [2.75, 3.05) is 25.1 Å². The van der Waals surface area contributed by atoms with Gasteiger partial charge in [0.25, 0.3) is 5.91 Å². The second-order valence-electron chi connectivity index (χ2n) is 14.6. The largest absolute Gasteiger partial charge is 0.455 e. The first-order valence-corrected chi connectivity index (χ1v) is 17.7. The Labute approximate surface area is 294 Å². The van der Waals surface area contributed by atoms with Crippen LogP contribution in [-0.2, 0) is 28.7 Å². The third-order valence-corrected chi connectivity index (χ3v) is 10.9. The molecular weight excluding hydrogens is 634 g/mol. The maximum Gasteiger partial charge on any atom is 0.313 e. The van der Waals surface area contributed by atoms with Crippen molar-refractivity contribution in [1.82, 2.24) is 9.80 Å². The first-order chi connectivity index (χ1) is 23.9. The van der Waals surface area contributed by atoms with Gasteiger partial charge in [-0.3, -0.25) is 19.2 Å². The molecule has 0 saturated carbocycles. The number of aliphatic hydroxyl groups is 1. The van der Waals surface area contributed by atoms with Crippen molar-refractivity contribution in [2.24, 2.45) is 17.8 Å². The first-order valence-electron chi connectivity index (χ1n) is 17.7. The number of anilines is 1. The van der Waals surface area contributed by atoms with Crippen molar-refractivity contribution in [1.29, 1.82) is 0 Å². The number of esters is 1. The maximum atomic E-state index is 15.1. The highest BCUT2D eigenvalue weighted by molar-refractivity contribution is 6.06. The van der Waals surface area contributed by atoms with Gasteiger partial charge in [-0.05, 0) is 56.2 Å². The predicted molar refractivity (Wildman–Crippen MR) is 189 cm³/mol. The fraction of sp³-hybridized carbons (Fsp3) is 0.500. The van der Waals surface area contributed by atoms with Gasteiger partial charge in [-0.15, -0.1) is 0 Å². The lowest BCUT2D eigenvalue weighted by Gasteiger charge is -2.39. The van der Waals surface area contributed by atoms with Gasteiger partial charge in [0.2, 0.25) is 11.8 Å². The summed E-state index contributed by atoms with van der Waals surface area (Å²) < 4.78 is 13.3. The minimum absolute atomic E-state index is 0.0889. The highest BCUT2D eigenvalue weighted by Crippen LogP contribution is 2.54. The lowest BCUT2D eigenvalue weighted by molar-refractivity contribution is -0.164. The second kappa shape index (κ2) is 14.2. The monoisotopic (exact) mass is 683 g/mol. The summed E-state index contributed by atoms with van der Waals surface area (Å²) >= 11 is 0. The number of likely N-dealkylation sites (N-methyl/N-ethyl adjacent to an activating group) is 1. The molecule has 2 aromatic carbocycles. The Balaban J connectivity index is 1.50. The number of benzene rings is 2. The van der Waals surface area contributed by atoms with E-state index in [1.54, 1.807) is 29.0 Å². The average molecular weight is 684 g/mol. The van der Waals surface area contributed by atoms with Gasteiger partial charge in [-0.1, -0.05) is 86.7 Å². The molecule has 1 N–H and O–H groups in total. The van der Waals surface area contributed by atoms with Crippen molar-refractivity contribution >= 4 is 29.4 Å². The lowest BCUT2D eigenvalue weighted by Crippen LogP contribution is -2.58. The number of amides is 3. The molecule has 266 valence electrons. The van der Waals surface area contributed by atoms with E-state index < -0.39 is 59.6 Å². The smallest absolute Gasteiger partial charge is 0.313 e. The number of aliphatic hydroxyl groups excluding tert-OH is 1. The molecule has 0 aromatic heterocycles. The van der Waals surface area contributed by atoms with Crippen molar-refractivity contribution in [3.63, 3.8) is 0 Å². The number of hydrogen-bond donors (Lipinski definition) is 1. The van der Waals surface area contributed by atoms with Gasteiger partial charge >= 0.3 is 5.97 Å². The highest BCUT2D eigenvalue weighted by atomic mass is 16.6. The highest BCUT2D eigenvalue weighted by Gasteiger charge is 2.72. The fourth-order valence-electron chi connectivity index (χ4n) is 8.47. The summed E-state index contributed by atoms with van der Waals surface area (Å²) in [6.07, 6.45) is 6.59. The number of allylic oxidation sites excluding steroid dienone is 1. The molecule has 50 heavy (non-hydrogen) atoms. The van der Waals surface area contributed by atoms with Crippen LogP contribution >= 0.6 is 0 Å². The third-order valence-electron chi connectivity index (χ3n) is 10.9. The fourth-order valence-corrected chi connectivity index (χ4v) is 8.47. The number of carbonyl (C=O) groups is 4. The molecule has 10 heteroatoms. The van der Waals surface area contributed by atoms with E-state index in [0.717, 1.165) is 16.8 Å². The molecule has 0 bridgehead atoms. The number of hydrogen-bond acceptors (Lipinski definition) is 7. The van der Waals surface area contributed by atoms with Crippen LogP contribution in [0.2, 0.25) is 0 Å². The number of cyclic esters (lactones) is 1. The Morgan fingerprint density at radius 2 is 1.66 bits per heavy atom. The number of aryl methyl sites for hydroxylation is 2. The summed E-state index contributed by atoms with van der Waals surface area (Å²) in [5.41, 5.74) is 1.79. The van der Waals surface area contributed by atoms with Gasteiger partial charge in [0.05, 0.1) is 30.7 Å². The standard InChI is InChI=1S/C40H49N3O7/c1-24(2)22-29(23-44)43-36-38(47)42(34-25(3)14-12-15-26(34)4)21-13-20-40(36)33(37(43)46)32-30(50-40)18-10-11-19-31(45)41(6)27(5)35(49-39(32)48)28-16-8-7-9-17-28/h7-10,12-18,20,24,27,29-30,32-33,35-36,44H,11,19,21-23H2,1-6H3/b18-10-/t27-,29+,30-,32+,33+,35+,36-,40+/m0/s1. The van der Waals surface area contributed by atoms with Crippen molar-refractivity contribution in [2.45, 2.75) is 89.8 Å². The molecule has 8 atom stereocenters. The Kier molecular flexibility index (Phi) is 10.1. The van der Waals surface area contributed by atoms with E-state index in [1.165, 1.54) is 4.90 Å². The van der Waals surface area contributed by atoms with E-state index in [-0.39, 0.29) is 37.3 Å². The normalized spacial score (nSPS) is 31.4. The number of nitrogens with zero attached hydrogens (tertiary/aromatic N) is 3. The second-order valence-corrected chi connectivity index (χ2v) is 14.6. The summed E-state index contributed by atoms with van der Waals surface area (Å²) in [5.74, 6) is -3.55. The molecule has 2 saturated heterocycles. The minimum atomic E-state index is -1.51. The number of likely N-dealkylation sites (tertiary alicyclic amines) is 1. The van der Waals surface area contributed by atoms with E-state index in [1.807, 2.05) is 95.3 Å². The number of carbonyl (C=O) groups excluding carboxylic acids is 4. The number of ether oxygens (including phenoxy) is 2. The zero-order valence-corrected chi connectivity index (χ0v) is 29.8. The molecule has 1 spiro atoms.